The molecule has 1 aromatic heterocycles. The van der Waals surface area contributed by atoms with Gasteiger partial charge in [-0.1, -0.05) is 30.3 Å². The number of para-hydroxylation sites is 1. The van der Waals surface area contributed by atoms with Crippen molar-refractivity contribution in [2.45, 2.75) is 52.2 Å². The van der Waals surface area contributed by atoms with Crippen LogP contribution in [-0.4, -0.2) is 21.8 Å². The fourth-order valence-corrected chi connectivity index (χ4v) is 3.51. The lowest BCUT2D eigenvalue weighted by atomic mass is 10.1. The number of carbonyl (C=O) groups excluding carboxylic acids is 1. The van der Waals surface area contributed by atoms with Crippen LogP contribution in [-0.2, 0) is 6.54 Å². The Morgan fingerprint density at radius 1 is 1.17 bits per heavy atom. The molecule has 2 aromatic carbocycles. The molecule has 5 heteroatoms. The number of aromatic nitrogens is 2. The molecule has 0 radical (unpaired) electrons. The lowest BCUT2D eigenvalue weighted by Gasteiger charge is -2.12. The van der Waals surface area contributed by atoms with Crippen LogP contribution in [0.4, 0.5) is 0 Å². The number of amides is 1. The first-order valence-electron chi connectivity index (χ1n) is 10.2. The van der Waals surface area contributed by atoms with Crippen LogP contribution in [0.25, 0.3) is 5.69 Å². The molecule has 4 rings (SSSR count). The number of nitrogens with zero attached hydrogens (tertiary/aromatic N) is 2. The molecule has 1 fully saturated rings. The maximum Gasteiger partial charge on any atom is 0.255 e. The predicted octanol–water partition coefficient (Wildman–Crippen LogP) is 4.78. The molecule has 0 spiro atoms. The first-order valence-corrected chi connectivity index (χ1v) is 10.2. The van der Waals surface area contributed by atoms with Crippen LogP contribution in [0.2, 0.25) is 0 Å². The Bertz CT molecular complexity index is 1000. The number of aryl methyl sites for hydroxylation is 1. The fraction of sp³-hybridized carbons (Fsp3) is 0.333. The van der Waals surface area contributed by atoms with Gasteiger partial charge in [-0.05, 0) is 62.9 Å². The minimum atomic E-state index is -0.0748. The molecule has 1 aliphatic carbocycles. The maximum absolute atomic E-state index is 12.9. The van der Waals surface area contributed by atoms with Gasteiger partial charge in [0.05, 0.1) is 29.2 Å². The quantitative estimate of drug-likeness (QED) is 0.633. The van der Waals surface area contributed by atoms with Crippen molar-refractivity contribution in [1.82, 2.24) is 15.1 Å². The zero-order valence-electron chi connectivity index (χ0n) is 17.2. The van der Waals surface area contributed by atoms with Crippen LogP contribution >= 0.6 is 0 Å². The first-order chi connectivity index (χ1) is 14.0. The molecule has 0 aliphatic heterocycles. The molecule has 0 saturated heterocycles. The van der Waals surface area contributed by atoms with Gasteiger partial charge < -0.3 is 10.1 Å². The SMILES string of the molecule is Cc1ccccc1-n1ncc(C(=O)NCc2ccc(OC(C)C)cc2)c1C1CC1. The molecule has 1 saturated carbocycles. The van der Waals surface area contributed by atoms with E-state index in [0.717, 1.165) is 41.1 Å². The second-order valence-corrected chi connectivity index (χ2v) is 7.91. The van der Waals surface area contributed by atoms with Crippen molar-refractivity contribution >= 4 is 5.91 Å². The second kappa shape index (κ2) is 8.11. The van der Waals surface area contributed by atoms with Crippen molar-refractivity contribution in [3.63, 3.8) is 0 Å². The predicted molar refractivity (Wildman–Crippen MR) is 114 cm³/mol. The normalized spacial score (nSPS) is 13.5. The number of hydrogen-bond donors (Lipinski definition) is 1. The molecule has 0 atom stereocenters. The zero-order chi connectivity index (χ0) is 20.4. The van der Waals surface area contributed by atoms with E-state index in [2.05, 4.69) is 29.5 Å². The summed E-state index contributed by atoms with van der Waals surface area (Å²) in [7, 11) is 0. The highest BCUT2D eigenvalue weighted by Gasteiger charge is 2.33. The van der Waals surface area contributed by atoms with Crippen molar-refractivity contribution in [3.8, 4) is 11.4 Å². The van der Waals surface area contributed by atoms with Gasteiger partial charge in [-0.15, -0.1) is 0 Å². The van der Waals surface area contributed by atoms with Gasteiger partial charge in [0, 0.05) is 12.5 Å². The Hall–Kier alpha value is -3.08. The highest BCUT2D eigenvalue weighted by Crippen LogP contribution is 2.42. The topological polar surface area (TPSA) is 56.2 Å². The van der Waals surface area contributed by atoms with Crippen LogP contribution in [0.15, 0.2) is 54.7 Å². The molecular weight excluding hydrogens is 362 g/mol. The van der Waals surface area contributed by atoms with Gasteiger partial charge >= 0.3 is 0 Å². The van der Waals surface area contributed by atoms with E-state index in [1.807, 2.05) is 54.9 Å². The average molecular weight is 389 g/mol. The number of ether oxygens (including phenoxy) is 1. The summed E-state index contributed by atoms with van der Waals surface area (Å²) in [5, 5.41) is 7.61. The van der Waals surface area contributed by atoms with Crippen LogP contribution in [0.5, 0.6) is 5.75 Å². The molecular formula is C24H27N3O2. The molecule has 5 nitrogen and oxygen atoms in total. The highest BCUT2D eigenvalue weighted by atomic mass is 16.5. The Morgan fingerprint density at radius 2 is 1.90 bits per heavy atom. The third-order valence-corrected chi connectivity index (χ3v) is 5.11. The Balaban J connectivity index is 1.50. The summed E-state index contributed by atoms with van der Waals surface area (Å²) < 4.78 is 7.61. The molecule has 0 unspecified atom stereocenters. The number of rotatable bonds is 7. The van der Waals surface area contributed by atoms with Crippen molar-refractivity contribution in [1.29, 1.82) is 0 Å². The average Bonchev–Trinajstić information content (AvgIpc) is 3.45. The van der Waals surface area contributed by atoms with Gasteiger partial charge in [0.1, 0.15) is 5.75 Å². The Labute approximate surface area is 171 Å². The van der Waals surface area contributed by atoms with E-state index < -0.39 is 0 Å². The minimum Gasteiger partial charge on any atom is -0.491 e. The van der Waals surface area contributed by atoms with Gasteiger partial charge in [-0.3, -0.25) is 4.79 Å². The van der Waals surface area contributed by atoms with Crippen molar-refractivity contribution in [3.05, 3.63) is 77.1 Å². The number of carbonyl (C=O) groups is 1. The van der Waals surface area contributed by atoms with E-state index >= 15 is 0 Å². The van der Waals surface area contributed by atoms with Gasteiger partial charge in [-0.2, -0.15) is 5.10 Å². The van der Waals surface area contributed by atoms with Gasteiger partial charge in [-0.25, -0.2) is 4.68 Å². The summed E-state index contributed by atoms with van der Waals surface area (Å²) in [6.07, 6.45) is 4.06. The molecule has 1 amide bonds. The molecule has 150 valence electrons. The molecule has 29 heavy (non-hydrogen) atoms. The lowest BCUT2D eigenvalue weighted by molar-refractivity contribution is 0.0950. The van der Waals surface area contributed by atoms with Gasteiger partial charge in [0.25, 0.3) is 5.91 Å². The summed E-state index contributed by atoms with van der Waals surface area (Å²) in [6.45, 7) is 6.55. The van der Waals surface area contributed by atoms with E-state index in [1.54, 1.807) is 6.20 Å². The van der Waals surface area contributed by atoms with E-state index in [-0.39, 0.29) is 12.0 Å². The summed E-state index contributed by atoms with van der Waals surface area (Å²) in [5.41, 5.74) is 4.92. The second-order valence-electron chi connectivity index (χ2n) is 7.91. The van der Waals surface area contributed by atoms with Crippen molar-refractivity contribution in [2.24, 2.45) is 0 Å². The number of benzene rings is 2. The van der Waals surface area contributed by atoms with Crippen LogP contribution in [0, 0.1) is 6.92 Å². The third kappa shape index (κ3) is 4.34. The minimum absolute atomic E-state index is 0.0748. The fourth-order valence-electron chi connectivity index (χ4n) is 3.51. The zero-order valence-corrected chi connectivity index (χ0v) is 17.2. The van der Waals surface area contributed by atoms with Crippen molar-refractivity contribution < 1.29 is 9.53 Å². The van der Waals surface area contributed by atoms with Gasteiger partial charge in [0.2, 0.25) is 0 Å². The molecule has 3 aromatic rings. The van der Waals surface area contributed by atoms with Crippen LogP contribution in [0.1, 0.15) is 59.8 Å². The molecule has 1 N–H and O–H groups in total. The summed E-state index contributed by atoms with van der Waals surface area (Å²) >= 11 is 0. The number of nitrogens with one attached hydrogen (secondary N) is 1. The van der Waals surface area contributed by atoms with E-state index in [9.17, 15) is 4.79 Å². The first kappa shape index (κ1) is 19.2. The van der Waals surface area contributed by atoms with E-state index in [4.69, 9.17) is 4.74 Å². The van der Waals surface area contributed by atoms with E-state index in [1.165, 1.54) is 0 Å². The van der Waals surface area contributed by atoms with Crippen molar-refractivity contribution in [2.75, 3.05) is 0 Å². The smallest absolute Gasteiger partial charge is 0.255 e. The maximum atomic E-state index is 12.9. The lowest BCUT2D eigenvalue weighted by Crippen LogP contribution is -2.23. The van der Waals surface area contributed by atoms with Crippen LogP contribution in [0.3, 0.4) is 0 Å². The summed E-state index contributed by atoms with van der Waals surface area (Å²) in [4.78, 5) is 12.9. The number of hydrogen-bond acceptors (Lipinski definition) is 3. The van der Waals surface area contributed by atoms with E-state index in [0.29, 0.717) is 18.0 Å². The summed E-state index contributed by atoms with van der Waals surface area (Å²) in [6, 6.07) is 16.0. The van der Waals surface area contributed by atoms with Gasteiger partial charge in [0.15, 0.2) is 0 Å². The third-order valence-electron chi connectivity index (χ3n) is 5.11. The highest BCUT2D eigenvalue weighted by molar-refractivity contribution is 5.95. The van der Waals surface area contributed by atoms with Crippen LogP contribution < -0.4 is 10.1 Å². The monoisotopic (exact) mass is 389 g/mol. The molecule has 1 aliphatic rings. The summed E-state index contributed by atoms with van der Waals surface area (Å²) in [5.74, 6) is 1.17. The Kier molecular flexibility index (Phi) is 5.38. The molecule has 1 heterocycles. The standard InChI is InChI=1S/C24H27N3O2/c1-16(2)29-20-12-8-18(9-13-20)14-25-24(28)21-15-26-27(23(21)19-10-11-19)22-7-5-4-6-17(22)3/h4-9,12-13,15-16,19H,10-11,14H2,1-3H3,(H,25,28). The Morgan fingerprint density at radius 3 is 2.55 bits per heavy atom. The molecule has 0 bridgehead atoms. The largest absolute Gasteiger partial charge is 0.491 e.